The highest BCUT2D eigenvalue weighted by molar-refractivity contribution is 8.27. The van der Waals surface area contributed by atoms with Gasteiger partial charge in [0.1, 0.15) is 5.82 Å². The van der Waals surface area contributed by atoms with E-state index >= 15 is 0 Å². The highest BCUT2D eigenvalue weighted by Gasteiger charge is 2.42. The minimum atomic E-state index is -4.01. The van der Waals surface area contributed by atoms with Crippen molar-refractivity contribution in [3.05, 3.63) is 30.1 Å². The van der Waals surface area contributed by atoms with Crippen molar-refractivity contribution >= 4 is 32.0 Å². The summed E-state index contributed by atoms with van der Waals surface area (Å²) < 4.78 is 36.5. The van der Waals surface area contributed by atoms with Crippen molar-refractivity contribution in [2.45, 2.75) is 10.3 Å². The Hall–Kier alpha value is -1.41. The molecule has 90 valence electrons. The first-order valence-corrected chi connectivity index (χ1v) is 6.79. The van der Waals surface area contributed by atoms with Crippen LogP contribution in [0.25, 0.3) is 0 Å². The van der Waals surface area contributed by atoms with Gasteiger partial charge in [-0.25, -0.2) is 12.8 Å². The van der Waals surface area contributed by atoms with E-state index in [1.807, 2.05) is 5.32 Å². The Balaban J connectivity index is 2.40. The van der Waals surface area contributed by atoms with Gasteiger partial charge in [0, 0.05) is 11.8 Å². The maximum atomic E-state index is 12.7. The largest absolute Gasteiger partial charge is 0.323 e. The van der Waals surface area contributed by atoms with Crippen LogP contribution in [0.15, 0.2) is 29.2 Å². The lowest BCUT2D eigenvalue weighted by atomic mass is 10.4. The van der Waals surface area contributed by atoms with E-state index in [1.165, 1.54) is 0 Å². The molecule has 1 aromatic carbocycles. The zero-order chi connectivity index (χ0) is 12.6. The van der Waals surface area contributed by atoms with E-state index in [2.05, 4.69) is 0 Å². The Bertz CT molecular complexity index is 582. The molecule has 1 saturated heterocycles. The third kappa shape index (κ3) is 2.18. The summed E-state index contributed by atoms with van der Waals surface area (Å²) in [5, 5.41) is -1.02. The Morgan fingerprint density at radius 1 is 1.18 bits per heavy atom. The van der Waals surface area contributed by atoms with Gasteiger partial charge in [-0.15, -0.1) is 0 Å². The van der Waals surface area contributed by atoms with E-state index in [-0.39, 0.29) is 4.90 Å². The second-order valence-corrected chi connectivity index (χ2v) is 6.24. The van der Waals surface area contributed by atoms with Crippen molar-refractivity contribution in [3.63, 3.8) is 0 Å². The summed E-state index contributed by atoms with van der Waals surface area (Å²) in [6.07, 6.45) is 0. The van der Waals surface area contributed by atoms with Gasteiger partial charge in [-0.05, 0) is 24.3 Å². The van der Waals surface area contributed by atoms with Crippen molar-refractivity contribution in [2.24, 2.45) is 0 Å². The second kappa shape index (κ2) is 4.11. The van der Waals surface area contributed by atoms with Gasteiger partial charge in [0.25, 0.3) is 5.24 Å². The van der Waals surface area contributed by atoms with Crippen molar-refractivity contribution < 1.29 is 22.4 Å². The zero-order valence-corrected chi connectivity index (χ0v) is 9.85. The molecule has 1 atom stereocenters. The summed E-state index contributed by atoms with van der Waals surface area (Å²) >= 11 is 0.311. The first-order chi connectivity index (χ1) is 7.91. The van der Waals surface area contributed by atoms with E-state index in [0.717, 1.165) is 24.3 Å². The first-order valence-electron chi connectivity index (χ1n) is 4.43. The van der Waals surface area contributed by atoms with Gasteiger partial charge in [-0.2, -0.15) is 0 Å². The summed E-state index contributed by atoms with van der Waals surface area (Å²) in [6, 6.07) is 4.04. The van der Waals surface area contributed by atoms with Gasteiger partial charge < -0.3 is 5.32 Å². The molecule has 8 heteroatoms. The van der Waals surface area contributed by atoms with Gasteiger partial charge in [-0.3, -0.25) is 9.59 Å². The topological polar surface area (TPSA) is 80.3 Å². The second-order valence-electron chi connectivity index (χ2n) is 3.23. The van der Waals surface area contributed by atoms with Crippen LogP contribution in [0.2, 0.25) is 0 Å². The fraction of sp³-hybridized carbons (Fsp3) is 0.111. The molecule has 1 N–H and O–H groups in total. The van der Waals surface area contributed by atoms with Crippen LogP contribution < -0.4 is 5.32 Å². The number of nitrogens with one attached hydrogen (secondary N) is 1. The van der Waals surface area contributed by atoms with Crippen LogP contribution in [-0.2, 0) is 14.6 Å². The maximum absolute atomic E-state index is 12.7. The molecule has 0 spiro atoms. The predicted octanol–water partition coefficient (Wildman–Crippen LogP) is 0.909. The van der Waals surface area contributed by atoms with Crippen LogP contribution in [0.5, 0.6) is 0 Å². The minimum absolute atomic E-state index is 0.208. The van der Waals surface area contributed by atoms with Gasteiger partial charge >= 0.3 is 0 Å². The van der Waals surface area contributed by atoms with Gasteiger partial charge in [0.2, 0.25) is 20.3 Å². The maximum Gasteiger partial charge on any atom is 0.288 e. The van der Waals surface area contributed by atoms with Crippen molar-refractivity contribution in [2.75, 3.05) is 0 Å². The van der Waals surface area contributed by atoms with E-state index in [9.17, 15) is 22.4 Å². The number of hydrogen-bond donors (Lipinski definition) is 1. The van der Waals surface area contributed by atoms with E-state index < -0.39 is 31.4 Å². The van der Waals surface area contributed by atoms with Crippen LogP contribution in [0, 0.1) is 5.82 Å². The normalized spacial score (nSPS) is 20.4. The third-order valence-electron chi connectivity index (χ3n) is 2.11. The highest BCUT2D eigenvalue weighted by atomic mass is 32.2. The first kappa shape index (κ1) is 12.1. The molecule has 2 rings (SSSR count). The molecular weight excluding hydrogens is 269 g/mol. The Labute approximate surface area is 100 Å². The number of hydrogen-bond acceptors (Lipinski definition) is 5. The van der Waals surface area contributed by atoms with Crippen LogP contribution in [0.4, 0.5) is 9.18 Å². The van der Waals surface area contributed by atoms with Crippen LogP contribution in [0.3, 0.4) is 0 Å². The molecule has 0 saturated carbocycles. The number of halogens is 1. The Morgan fingerprint density at radius 3 is 2.24 bits per heavy atom. The number of thioether (sulfide) groups is 1. The fourth-order valence-electron chi connectivity index (χ4n) is 1.30. The monoisotopic (exact) mass is 275 g/mol. The number of carbonyl (C=O) groups is 2. The van der Waals surface area contributed by atoms with Crippen molar-refractivity contribution in [1.29, 1.82) is 0 Å². The summed E-state index contributed by atoms with van der Waals surface area (Å²) in [6.45, 7) is 0. The molecule has 0 radical (unpaired) electrons. The van der Waals surface area contributed by atoms with Crippen LogP contribution >= 0.6 is 11.8 Å². The Morgan fingerprint density at radius 2 is 1.76 bits per heavy atom. The molecule has 0 aliphatic carbocycles. The lowest BCUT2D eigenvalue weighted by Gasteiger charge is -2.09. The van der Waals surface area contributed by atoms with Crippen LogP contribution in [0.1, 0.15) is 0 Å². The quantitative estimate of drug-likeness (QED) is 0.811. The van der Waals surface area contributed by atoms with Gasteiger partial charge in [-0.1, -0.05) is 0 Å². The Kier molecular flexibility index (Phi) is 2.92. The number of benzene rings is 1. The lowest BCUT2D eigenvalue weighted by molar-refractivity contribution is -0.110. The van der Waals surface area contributed by atoms with Crippen LogP contribution in [-0.4, -0.2) is 24.1 Å². The zero-order valence-electron chi connectivity index (χ0n) is 8.21. The van der Waals surface area contributed by atoms with Gasteiger partial charge in [0.15, 0.2) is 0 Å². The molecule has 17 heavy (non-hydrogen) atoms. The predicted molar refractivity (Wildman–Crippen MR) is 58.5 cm³/mol. The SMILES string of the molecule is O=C1NC(S(=O)(=O)c2ccc(F)cc2)C(=O)S1. The molecule has 5 nitrogen and oxygen atoms in total. The third-order valence-corrected chi connectivity index (χ3v) is 4.88. The van der Waals surface area contributed by atoms with Crippen molar-refractivity contribution in [3.8, 4) is 0 Å². The molecule has 1 aliphatic rings. The molecular formula is C9H6FNO4S2. The summed E-state index contributed by atoms with van der Waals surface area (Å²) in [5.41, 5.74) is 0. The van der Waals surface area contributed by atoms with Crippen molar-refractivity contribution in [1.82, 2.24) is 5.32 Å². The minimum Gasteiger partial charge on any atom is -0.323 e. The fourth-order valence-corrected chi connectivity index (χ4v) is 3.73. The molecule has 0 bridgehead atoms. The molecule has 1 aromatic rings. The van der Waals surface area contributed by atoms with E-state index in [4.69, 9.17) is 0 Å². The van der Waals surface area contributed by atoms with E-state index in [0.29, 0.717) is 11.8 Å². The summed E-state index contributed by atoms with van der Waals surface area (Å²) in [4.78, 5) is 22.0. The average Bonchev–Trinajstić information content (AvgIpc) is 2.59. The molecule has 1 unspecified atom stereocenters. The van der Waals surface area contributed by atoms with E-state index in [1.54, 1.807) is 0 Å². The molecule has 0 aromatic heterocycles. The molecule has 1 fully saturated rings. The average molecular weight is 275 g/mol. The number of sulfone groups is 1. The molecule has 1 amide bonds. The smallest absolute Gasteiger partial charge is 0.288 e. The lowest BCUT2D eigenvalue weighted by Crippen LogP contribution is -2.36. The number of carbonyl (C=O) groups excluding carboxylic acids is 2. The molecule has 1 heterocycles. The number of rotatable bonds is 2. The summed E-state index contributed by atoms with van der Waals surface area (Å²) in [5.74, 6) is -0.583. The standard InChI is InChI=1S/C9H6FNO4S2/c10-5-1-3-6(4-2-5)17(14,15)7-8(12)16-9(13)11-7/h1-4,7H,(H,11,13). The highest BCUT2D eigenvalue weighted by Crippen LogP contribution is 2.24. The number of amides is 1. The molecule has 1 aliphatic heterocycles. The summed E-state index contributed by atoms with van der Waals surface area (Å²) in [7, 11) is -4.01. The van der Waals surface area contributed by atoms with Gasteiger partial charge in [0.05, 0.1) is 4.90 Å².